The Kier molecular flexibility index (Phi) is 5.52. The predicted molar refractivity (Wildman–Crippen MR) is 97.8 cm³/mol. The van der Waals surface area contributed by atoms with Crippen molar-refractivity contribution in [3.8, 4) is 0 Å². The molecule has 0 radical (unpaired) electrons. The molecule has 1 aromatic rings. The molecule has 0 aromatic heterocycles. The van der Waals surface area contributed by atoms with Gasteiger partial charge in [0.1, 0.15) is 5.54 Å². The number of hydrogen-bond acceptors (Lipinski definition) is 4. The van der Waals surface area contributed by atoms with Gasteiger partial charge in [-0.05, 0) is 32.9 Å². The molecule has 2 aliphatic rings. The fourth-order valence-electron chi connectivity index (χ4n) is 3.26. The smallest absolute Gasteiger partial charge is 0.250 e. The summed E-state index contributed by atoms with van der Waals surface area (Å²) < 4.78 is 0. The number of rotatable bonds is 2. The molecule has 0 spiro atoms. The van der Waals surface area contributed by atoms with E-state index >= 15 is 0 Å². The minimum absolute atomic E-state index is 0. The van der Waals surface area contributed by atoms with Gasteiger partial charge in [-0.25, -0.2) is 0 Å². The first-order chi connectivity index (χ1) is 10.9. The van der Waals surface area contributed by atoms with E-state index in [9.17, 15) is 9.59 Å². The van der Waals surface area contributed by atoms with Crippen molar-refractivity contribution >= 4 is 35.6 Å². The zero-order valence-electron chi connectivity index (χ0n) is 14.3. The highest BCUT2D eigenvalue weighted by Crippen LogP contribution is 2.36. The largest absolute Gasteiger partial charge is 0.322 e. The number of benzene rings is 1. The summed E-state index contributed by atoms with van der Waals surface area (Å²) in [5, 5.41) is 6.22. The third-order valence-corrected chi connectivity index (χ3v) is 4.73. The highest BCUT2D eigenvalue weighted by molar-refractivity contribution is 6.14. The van der Waals surface area contributed by atoms with Crippen molar-refractivity contribution < 1.29 is 9.59 Å². The van der Waals surface area contributed by atoms with Crippen LogP contribution < -0.4 is 15.5 Å². The van der Waals surface area contributed by atoms with E-state index in [2.05, 4.69) is 22.5 Å². The van der Waals surface area contributed by atoms with E-state index in [1.165, 1.54) is 0 Å². The molecule has 2 N–H and O–H groups in total. The molecule has 24 heavy (non-hydrogen) atoms. The number of carbonyl (C=O) groups excluding carboxylic acids is 2. The lowest BCUT2D eigenvalue weighted by molar-refractivity contribution is -0.127. The topological polar surface area (TPSA) is 64.7 Å². The molecule has 2 amide bonds. The molecule has 1 fully saturated rings. The van der Waals surface area contributed by atoms with Gasteiger partial charge >= 0.3 is 0 Å². The van der Waals surface area contributed by atoms with Gasteiger partial charge in [0.05, 0.1) is 17.9 Å². The Labute approximate surface area is 149 Å². The number of nitrogens with one attached hydrogen (secondary N) is 2. The Balaban J connectivity index is 0.00000208. The van der Waals surface area contributed by atoms with Gasteiger partial charge in [-0.2, -0.15) is 0 Å². The van der Waals surface area contributed by atoms with Crippen LogP contribution in [0.25, 0.3) is 0 Å². The number of para-hydroxylation sites is 2. The summed E-state index contributed by atoms with van der Waals surface area (Å²) in [4.78, 5) is 29.3. The number of halogens is 1. The van der Waals surface area contributed by atoms with Crippen molar-refractivity contribution in [1.29, 1.82) is 0 Å². The zero-order valence-corrected chi connectivity index (χ0v) is 15.2. The first-order valence-electron chi connectivity index (χ1n) is 8.09. The van der Waals surface area contributed by atoms with Crippen LogP contribution in [0.1, 0.15) is 20.8 Å². The fourth-order valence-corrected chi connectivity index (χ4v) is 3.26. The third kappa shape index (κ3) is 3.27. The van der Waals surface area contributed by atoms with Crippen LogP contribution in [0.15, 0.2) is 24.3 Å². The van der Waals surface area contributed by atoms with Gasteiger partial charge in [-0.3, -0.25) is 19.4 Å². The molecule has 3 rings (SSSR count). The maximum Gasteiger partial charge on any atom is 0.250 e. The van der Waals surface area contributed by atoms with Gasteiger partial charge in [0.25, 0.3) is 0 Å². The average Bonchev–Trinajstić information content (AvgIpc) is 2.50. The zero-order chi connectivity index (χ0) is 16.6. The van der Waals surface area contributed by atoms with Gasteiger partial charge in [0.15, 0.2) is 0 Å². The van der Waals surface area contributed by atoms with E-state index in [0.717, 1.165) is 25.3 Å². The molecule has 132 valence electrons. The number of nitrogens with zero attached hydrogens (tertiary/aromatic N) is 2. The second-order valence-corrected chi connectivity index (χ2v) is 6.78. The van der Waals surface area contributed by atoms with E-state index in [-0.39, 0.29) is 24.2 Å². The summed E-state index contributed by atoms with van der Waals surface area (Å²) >= 11 is 0. The van der Waals surface area contributed by atoms with Crippen LogP contribution in [-0.2, 0) is 9.59 Å². The van der Waals surface area contributed by atoms with Crippen molar-refractivity contribution in [2.45, 2.75) is 32.4 Å². The summed E-state index contributed by atoms with van der Waals surface area (Å²) in [6.45, 7) is 8.63. The Morgan fingerprint density at radius 2 is 2.04 bits per heavy atom. The monoisotopic (exact) mass is 352 g/mol. The van der Waals surface area contributed by atoms with Crippen LogP contribution in [0.4, 0.5) is 11.4 Å². The highest BCUT2D eigenvalue weighted by Gasteiger charge is 2.43. The van der Waals surface area contributed by atoms with Crippen LogP contribution >= 0.6 is 12.4 Å². The van der Waals surface area contributed by atoms with E-state index < -0.39 is 5.54 Å². The van der Waals surface area contributed by atoms with Crippen LogP contribution in [0.5, 0.6) is 0 Å². The number of anilines is 2. The van der Waals surface area contributed by atoms with Crippen molar-refractivity contribution in [1.82, 2.24) is 10.2 Å². The van der Waals surface area contributed by atoms with Gasteiger partial charge in [0.2, 0.25) is 11.8 Å². The quantitative estimate of drug-likeness (QED) is 0.846. The first-order valence-corrected chi connectivity index (χ1v) is 8.09. The standard InChI is InChI=1S/C17H24N4O2.ClH/c1-12-10-18-8-9-20(12)11-15(22)21-14-7-5-4-6-13(14)19-16(23)17(21,2)3;/h4-7,12,18H,8-11H2,1-3H3,(H,19,23);1H/t12-;/m1./s1. The van der Waals surface area contributed by atoms with Crippen molar-refractivity contribution in [3.63, 3.8) is 0 Å². The lowest BCUT2D eigenvalue weighted by atomic mass is 9.96. The predicted octanol–water partition coefficient (Wildman–Crippen LogP) is 1.47. The second-order valence-electron chi connectivity index (χ2n) is 6.78. The Morgan fingerprint density at radius 3 is 2.75 bits per heavy atom. The van der Waals surface area contributed by atoms with Crippen LogP contribution in [0, 0.1) is 0 Å². The molecule has 1 atom stereocenters. The molecule has 0 aliphatic carbocycles. The van der Waals surface area contributed by atoms with Gasteiger partial charge in [-0.1, -0.05) is 12.1 Å². The summed E-state index contributed by atoms with van der Waals surface area (Å²) in [6, 6.07) is 7.77. The van der Waals surface area contributed by atoms with E-state index in [0.29, 0.717) is 18.3 Å². The molecule has 1 saturated heterocycles. The Bertz CT molecular complexity index is 635. The number of fused-ring (bicyclic) bond motifs is 1. The highest BCUT2D eigenvalue weighted by atomic mass is 35.5. The molecule has 0 bridgehead atoms. The summed E-state index contributed by atoms with van der Waals surface area (Å²) in [5.41, 5.74) is 0.561. The first kappa shape index (κ1) is 18.7. The molecule has 2 aliphatic heterocycles. The minimum atomic E-state index is -0.900. The van der Waals surface area contributed by atoms with Crippen LogP contribution in [-0.4, -0.2) is 54.5 Å². The van der Waals surface area contributed by atoms with Gasteiger partial charge < -0.3 is 10.6 Å². The van der Waals surface area contributed by atoms with Gasteiger partial charge in [0, 0.05) is 25.7 Å². The van der Waals surface area contributed by atoms with E-state index in [1.54, 1.807) is 18.7 Å². The lowest BCUT2D eigenvalue weighted by Gasteiger charge is -2.43. The maximum absolute atomic E-state index is 13.0. The third-order valence-electron chi connectivity index (χ3n) is 4.73. The molecular formula is C17H25ClN4O2. The SMILES string of the molecule is C[C@@H]1CNCCN1CC(=O)N1c2ccccc2NC(=O)C1(C)C.Cl. The van der Waals surface area contributed by atoms with E-state index in [4.69, 9.17) is 0 Å². The summed E-state index contributed by atoms with van der Waals surface area (Å²) in [7, 11) is 0. The van der Waals surface area contributed by atoms with Crippen molar-refractivity contribution in [2.75, 3.05) is 36.4 Å². The molecule has 7 heteroatoms. The van der Waals surface area contributed by atoms with Crippen molar-refractivity contribution in [2.24, 2.45) is 0 Å². The number of amides is 2. The number of piperazine rings is 1. The Morgan fingerprint density at radius 1 is 1.33 bits per heavy atom. The second kappa shape index (κ2) is 7.09. The summed E-state index contributed by atoms with van der Waals surface area (Å²) in [6.07, 6.45) is 0. The fraction of sp³-hybridized carbons (Fsp3) is 0.529. The maximum atomic E-state index is 13.0. The molecular weight excluding hydrogens is 328 g/mol. The number of carbonyl (C=O) groups is 2. The number of hydrogen-bond donors (Lipinski definition) is 2. The summed E-state index contributed by atoms with van der Waals surface area (Å²) in [5.74, 6) is -0.191. The molecule has 2 heterocycles. The minimum Gasteiger partial charge on any atom is -0.322 e. The molecule has 0 saturated carbocycles. The van der Waals surface area contributed by atoms with E-state index in [1.807, 2.05) is 24.3 Å². The van der Waals surface area contributed by atoms with Crippen molar-refractivity contribution in [3.05, 3.63) is 24.3 Å². The normalized spacial score (nSPS) is 23.0. The molecule has 0 unspecified atom stereocenters. The lowest BCUT2D eigenvalue weighted by Crippen LogP contribution is -2.61. The van der Waals surface area contributed by atoms with Crippen LogP contribution in [0.2, 0.25) is 0 Å². The average molecular weight is 353 g/mol. The van der Waals surface area contributed by atoms with Crippen LogP contribution in [0.3, 0.4) is 0 Å². The molecule has 6 nitrogen and oxygen atoms in total. The molecule has 1 aromatic carbocycles. The van der Waals surface area contributed by atoms with Gasteiger partial charge in [-0.15, -0.1) is 12.4 Å². The Hall–Kier alpha value is -1.63.